The number of ether oxygens (including phenoxy) is 1. The molecular formula is C32H27BrN4OS. The van der Waals surface area contributed by atoms with Crippen molar-refractivity contribution >= 4 is 38.9 Å². The number of para-hydroxylation sites is 1. The van der Waals surface area contributed by atoms with Crippen LogP contribution in [0.5, 0.6) is 11.5 Å². The Morgan fingerprint density at radius 1 is 0.821 bits per heavy atom. The van der Waals surface area contributed by atoms with Crippen molar-refractivity contribution in [3.05, 3.63) is 136 Å². The number of nitrogens with zero attached hydrogens (tertiary/aromatic N) is 3. The second-order valence-corrected chi connectivity index (χ2v) is 10.8. The molecular weight excluding hydrogens is 568 g/mol. The third-order valence-corrected chi connectivity index (χ3v) is 7.86. The molecule has 194 valence electrons. The predicted octanol–water partition coefficient (Wildman–Crippen LogP) is 8.22. The first-order valence-electron chi connectivity index (χ1n) is 12.8. The van der Waals surface area contributed by atoms with E-state index in [4.69, 9.17) is 21.9 Å². The highest BCUT2D eigenvalue weighted by Gasteiger charge is 2.42. The molecule has 1 saturated heterocycles. The zero-order valence-corrected chi connectivity index (χ0v) is 24.0. The average molecular weight is 596 g/mol. The van der Waals surface area contributed by atoms with Crippen LogP contribution < -0.4 is 15.0 Å². The number of pyridine rings is 1. The van der Waals surface area contributed by atoms with E-state index in [0.29, 0.717) is 5.11 Å². The number of anilines is 1. The maximum atomic E-state index is 6.04. The fourth-order valence-corrected chi connectivity index (χ4v) is 6.08. The Morgan fingerprint density at radius 2 is 1.56 bits per heavy atom. The van der Waals surface area contributed by atoms with E-state index < -0.39 is 0 Å². The summed E-state index contributed by atoms with van der Waals surface area (Å²) in [5.41, 5.74) is 6.57. The summed E-state index contributed by atoms with van der Waals surface area (Å²) in [7, 11) is 0. The number of aryl methyl sites for hydroxylation is 1. The summed E-state index contributed by atoms with van der Waals surface area (Å²) in [5, 5.41) is 4.24. The smallest absolute Gasteiger partial charge is 0.174 e. The van der Waals surface area contributed by atoms with Crippen molar-refractivity contribution in [2.24, 2.45) is 0 Å². The van der Waals surface area contributed by atoms with Gasteiger partial charge in [-0.15, -0.1) is 0 Å². The van der Waals surface area contributed by atoms with E-state index in [9.17, 15) is 0 Å². The molecule has 5 nitrogen and oxygen atoms in total. The molecule has 3 heterocycles. The molecule has 1 fully saturated rings. The van der Waals surface area contributed by atoms with Crippen LogP contribution in [0.1, 0.15) is 34.7 Å². The normalized spacial score (nSPS) is 16.8. The molecule has 0 spiro atoms. The number of halogens is 1. The molecule has 2 aromatic heterocycles. The molecule has 0 amide bonds. The number of benzene rings is 3. The van der Waals surface area contributed by atoms with Gasteiger partial charge in [0.2, 0.25) is 0 Å². The van der Waals surface area contributed by atoms with Crippen LogP contribution in [-0.2, 0) is 0 Å². The van der Waals surface area contributed by atoms with Crippen LogP contribution in [0, 0.1) is 13.8 Å². The lowest BCUT2D eigenvalue weighted by molar-refractivity contribution is 0.482. The number of nitrogens with one attached hydrogen (secondary N) is 1. The van der Waals surface area contributed by atoms with Crippen molar-refractivity contribution < 1.29 is 4.74 Å². The fraction of sp³-hybridized carbons (Fsp3) is 0.125. The number of rotatable bonds is 6. The third-order valence-electron chi connectivity index (χ3n) is 7.05. The quantitative estimate of drug-likeness (QED) is 0.201. The minimum absolute atomic E-state index is 0.0969. The minimum Gasteiger partial charge on any atom is -0.457 e. The van der Waals surface area contributed by atoms with E-state index in [1.807, 2.05) is 66.9 Å². The van der Waals surface area contributed by atoms with Crippen molar-refractivity contribution in [3.8, 4) is 17.2 Å². The Hall–Kier alpha value is -3.94. The molecule has 5 aromatic rings. The number of aromatic nitrogens is 2. The first-order valence-corrected chi connectivity index (χ1v) is 14.0. The van der Waals surface area contributed by atoms with Crippen molar-refractivity contribution in [3.63, 3.8) is 0 Å². The van der Waals surface area contributed by atoms with Gasteiger partial charge in [0, 0.05) is 33.4 Å². The van der Waals surface area contributed by atoms with E-state index >= 15 is 0 Å². The van der Waals surface area contributed by atoms with Crippen molar-refractivity contribution in [2.75, 3.05) is 4.90 Å². The summed E-state index contributed by atoms with van der Waals surface area (Å²) in [5.74, 6) is 1.57. The molecule has 6 rings (SSSR count). The summed E-state index contributed by atoms with van der Waals surface area (Å²) < 4.78 is 9.38. The second-order valence-electron chi connectivity index (χ2n) is 9.55. The van der Waals surface area contributed by atoms with Crippen molar-refractivity contribution in [1.82, 2.24) is 14.9 Å². The van der Waals surface area contributed by atoms with Crippen LogP contribution in [0.2, 0.25) is 0 Å². The lowest BCUT2D eigenvalue weighted by Gasteiger charge is -2.28. The van der Waals surface area contributed by atoms with Gasteiger partial charge in [-0.1, -0.05) is 46.3 Å². The molecule has 1 aliphatic rings. The summed E-state index contributed by atoms with van der Waals surface area (Å²) in [4.78, 5) is 6.91. The Labute approximate surface area is 242 Å². The summed E-state index contributed by atoms with van der Waals surface area (Å²) in [6.45, 7) is 4.32. The van der Waals surface area contributed by atoms with Crippen molar-refractivity contribution in [2.45, 2.75) is 25.9 Å². The van der Waals surface area contributed by atoms with Gasteiger partial charge in [-0.05, 0) is 104 Å². The zero-order chi connectivity index (χ0) is 26.9. The molecule has 0 radical (unpaired) electrons. The molecule has 2 atom stereocenters. The third kappa shape index (κ3) is 4.95. The minimum atomic E-state index is -0.115. The standard InChI is InChI=1S/C32H27BrN4OS/c1-21-19-28(22(2)36(21)25-10-8-9-23(33)20-25)31-30(29-13-6-7-18-34-29)35-32(39)37(31)24-14-16-27(17-15-24)38-26-11-4-3-5-12-26/h3-20,30-31H,1-2H3,(H,35,39)/t30-,31-/m0/s1. The van der Waals surface area contributed by atoms with Gasteiger partial charge in [-0.2, -0.15) is 0 Å². The lowest BCUT2D eigenvalue weighted by Crippen LogP contribution is -2.29. The van der Waals surface area contributed by atoms with Gasteiger partial charge in [-0.25, -0.2) is 0 Å². The van der Waals surface area contributed by atoms with Crippen LogP contribution in [0.15, 0.2) is 114 Å². The maximum Gasteiger partial charge on any atom is 0.174 e. The molecule has 39 heavy (non-hydrogen) atoms. The Balaban J connectivity index is 1.42. The molecule has 0 aliphatic carbocycles. The topological polar surface area (TPSA) is 42.3 Å². The molecule has 0 unspecified atom stereocenters. The van der Waals surface area contributed by atoms with E-state index in [1.165, 1.54) is 5.56 Å². The summed E-state index contributed by atoms with van der Waals surface area (Å²) in [6, 6.07) is 34.3. The highest BCUT2D eigenvalue weighted by atomic mass is 79.9. The fourth-order valence-electron chi connectivity index (χ4n) is 5.35. The van der Waals surface area contributed by atoms with Gasteiger partial charge < -0.3 is 19.5 Å². The number of thiocarbonyl (C=S) groups is 1. The van der Waals surface area contributed by atoms with Gasteiger partial charge >= 0.3 is 0 Å². The monoisotopic (exact) mass is 594 g/mol. The SMILES string of the molecule is Cc1cc([C@H]2[C@H](c3ccccn3)NC(=S)N2c2ccc(Oc3ccccc3)cc2)c(C)n1-c1cccc(Br)c1. The highest BCUT2D eigenvalue weighted by Crippen LogP contribution is 2.44. The zero-order valence-electron chi connectivity index (χ0n) is 21.6. The Bertz CT molecular complexity index is 1620. The molecule has 3 aromatic carbocycles. The molecule has 0 bridgehead atoms. The van der Waals surface area contributed by atoms with E-state index in [2.05, 4.69) is 87.0 Å². The summed E-state index contributed by atoms with van der Waals surface area (Å²) in [6.07, 6.45) is 1.83. The van der Waals surface area contributed by atoms with E-state index in [-0.39, 0.29) is 12.1 Å². The average Bonchev–Trinajstić information content (AvgIpc) is 3.45. The molecule has 1 aliphatic heterocycles. The first-order chi connectivity index (χ1) is 19.0. The Morgan fingerprint density at radius 3 is 2.28 bits per heavy atom. The first kappa shape index (κ1) is 25.3. The largest absolute Gasteiger partial charge is 0.457 e. The number of hydrogen-bond acceptors (Lipinski definition) is 3. The van der Waals surface area contributed by atoms with E-state index in [1.54, 1.807) is 0 Å². The van der Waals surface area contributed by atoms with Crippen LogP contribution in [0.3, 0.4) is 0 Å². The maximum absolute atomic E-state index is 6.04. The van der Waals surface area contributed by atoms with Gasteiger partial charge in [0.15, 0.2) is 5.11 Å². The number of hydrogen-bond donors (Lipinski definition) is 1. The lowest BCUT2D eigenvalue weighted by atomic mass is 9.96. The molecule has 7 heteroatoms. The van der Waals surface area contributed by atoms with E-state index in [0.717, 1.165) is 44.4 Å². The summed E-state index contributed by atoms with van der Waals surface area (Å²) >= 11 is 9.58. The molecule has 0 saturated carbocycles. The van der Waals surface area contributed by atoms with Gasteiger partial charge in [-0.3, -0.25) is 4.98 Å². The van der Waals surface area contributed by atoms with Gasteiger partial charge in [0.1, 0.15) is 11.5 Å². The highest BCUT2D eigenvalue weighted by molar-refractivity contribution is 9.10. The molecule has 1 N–H and O–H groups in total. The van der Waals surface area contributed by atoms with Gasteiger partial charge in [0.25, 0.3) is 0 Å². The van der Waals surface area contributed by atoms with Crippen LogP contribution in [0.4, 0.5) is 5.69 Å². The Kier molecular flexibility index (Phi) is 6.94. The predicted molar refractivity (Wildman–Crippen MR) is 164 cm³/mol. The van der Waals surface area contributed by atoms with Gasteiger partial charge in [0.05, 0.1) is 17.8 Å². The van der Waals surface area contributed by atoms with Crippen LogP contribution in [-0.4, -0.2) is 14.7 Å². The van der Waals surface area contributed by atoms with Crippen LogP contribution in [0.25, 0.3) is 5.69 Å². The van der Waals surface area contributed by atoms with Crippen molar-refractivity contribution in [1.29, 1.82) is 0 Å². The van der Waals surface area contributed by atoms with Crippen LogP contribution >= 0.6 is 28.1 Å². The second kappa shape index (κ2) is 10.7.